The quantitative estimate of drug-likeness (QED) is 0.504. The zero-order valence-electron chi connectivity index (χ0n) is 8.22. The number of para-hydroxylation sites is 1. The SMILES string of the molecule is N.O=C(O)/C=C\C(=O)Oc1ccccc1Br. The van der Waals surface area contributed by atoms with Gasteiger partial charge in [-0.15, -0.1) is 0 Å². The number of carbonyl (C=O) groups excluding carboxylic acids is 1. The summed E-state index contributed by atoms with van der Waals surface area (Å²) in [6.45, 7) is 0. The van der Waals surface area contributed by atoms with Gasteiger partial charge in [0.25, 0.3) is 0 Å². The molecule has 0 saturated heterocycles. The molecule has 0 unspecified atom stereocenters. The van der Waals surface area contributed by atoms with Crippen molar-refractivity contribution in [2.24, 2.45) is 0 Å². The molecule has 5 nitrogen and oxygen atoms in total. The third-order valence-corrected chi connectivity index (χ3v) is 2.06. The van der Waals surface area contributed by atoms with Gasteiger partial charge in [0.1, 0.15) is 5.75 Å². The molecule has 0 bridgehead atoms. The minimum Gasteiger partial charge on any atom is -0.478 e. The normalized spacial score (nSPS) is 9.56. The van der Waals surface area contributed by atoms with Crippen LogP contribution in [-0.4, -0.2) is 17.0 Å². The summed E-state index contributed by atoms with van der Waals surface area (Å²) in [6, 6.07) is 6.78. The molecule has 0 aliphatic carbocycles. The van der Waals surface area contributed by atoms with Gasteiger partial charge < -0.3 is 16.0 Å². The zero-order chi connectivity index (χ0) is 11.3. The summed E-state index contributed by atoms with van der Waals surface area (Å²) in [6.07, 6.45) is 1.57. The topological polar surface area (TPSA) is 98.6 Å². The summed E-state index contributed by atoms with van der Waals surface area (Å²) in [5.74, 6) is -1.58. The van der Waals surface area contributed by atoms with Gasteiger partial charge in [0.2, 0.25) is 0 Å². The van der Waals surface area contributed by atoms with Crippen LogP contribution in [0, 0.1) is 0 Å². The van der Waals surface area contributed by atoms with Gasteiger partial charge in [-0.3, -0.25) is 0 Å². The van der Waals surface area contributed by atoms with Crippen LogP contribution in [0.15, 0.2) is 40.9 Å². The van der Waals surface area contributed by atoms with Gasteiger partial charge in [0, 0.05) is 12.2 Å². The molecule has 0 aliphatic heterocycles. The minimum atomic E-state index is -1.20. The maximum absolute atomic E-state index is 11.1. The third kappa shape index (κ3) is 4.72. The Labute approximate surface area is 100 Å². The molecular formula is C10H10BrNO4. The molecule has 0 saturated carbocycles. The van der Waals surface area contributed by atoms with E-state index in [0.717, 1.165) is 12.2 Å². The smallest absolute Gasteiger partial charge is 0.336 e. The fraction of sp³-hybridized carbons (Fsp3) is 0. The fourth-order valence-electron chi connectivity index (χ4n) is 0.809. The van der Waals surface area contributed by atoms with Crippen molar-refractivity contribution in [3.63, 3.8) is 0 Å². The Bertz CT molecular complexity index is 417. The van der Waals surface area contributed by atoms with Gasteiger partial charge in [-0.1, -0.05) is 12.1 Å². The molecule has 0 radical (unpaired) electrons. The van der Waals surface area contributed by atoms with Crippen LogP contribution in [0.3, 0.4) is 0 Å². The Hall–Kier alpha value is -1.66. The lowest BCUT2D eigenvalue weighted by atomic mass is 10.3. The average molecular weight is 288 g/mol. The van der Waals surface area contributed by atoms with E-state index < -0.39 is 11.9 Å². The molecule has 1 aromatic carbocycles. The first-order chi connectivity index (χ1) is 7.09. The zero-order valence-corrected chi connectivity index (χ0v) is 9.81. The Kier molecular flexibility index (Phi) is 6.06. The lowest BCUT2D eigenvalue weighted by molar-refractivity contribution is -0.133. The summed E-state index contributed by atoms with van der Waals surface area (Å²) >= 11 is 3.19. The number of benzene rings is 1. The monoisotopic (exact) mass is 287 g/mol. The van der Waals surface area contributed by atoms with Crippen LogP contribution in [-0.2, 0) is 9.59 Å². The highest BCUT2D eigenvalue weighted by molar-refractivity contribution is 9.10. The van der Waals surface area contributed by atoms with E-state index in [0.29, 0.717) is 10.2 Å². The third-order valence-electron chi connectivity index (χ3n) is 1.41. The molecule has 0 aromatic heterocycles. The Morgan fingerprint density at radius 2 is 1.88 bits per heavy atom. The van der Waals surface area contributed by atoms with Crippen LogP contribution in [0.1, 0.15) is 0 Å². The first kappa shape index (κ1) is 14.3. The number of hydrogen-bond acceptors (Lipinski definition) is 4. The lowest BCUT2D eigenvalue weighted by Crippen LogP contribution is -2.05. The number of carboxylic acids is 1. The molecule has 1 aromatic rings. The molecule has 0 aliphatic rings. The number of ether oxygens (including phenoxy) is 1. The van der Waals surface area contributed by atoms with E-state index >= 15 is 0 Å². The van der Waals surface area contributed by atoms with E-state index in [1.54, 1.807) is 24.3 Å². The maximum atomic E-state index is 11.1. The summed E-state index contributed by atoms with van der Waals surface area (Å²) < 4.78 is 5.49. The van der Waals surface area contributed by atoms with Crippen molar-refractivity contribution in [1.82, 2.24) is 6.15 Å². The molecule has 4 N–H and O–H groups in total. The Balaban J connectivity index is 0.00000225. The number of rotatable bonds is 3. The highest BCUT2D eigenvalue weighted by Gasteiger charge is 2.04. The van der Waals surface area contributed by atoms with Crippen LogP contribution in [0.2, 0.25) is 0 Å². The van der Waals surface area contributed by atoms with Crippen molar-refractivity contribution in [1.29, 1.82) is 0 Å². The molecular weight excluding hydrogens is 278 g/mol. The molecule has 0 fully saturated rings. The van der Waals surface area contributed by atoms with E-state index in [1.807, 2.05) is 0 Å². The van der Waals surface area contributed by atoms with Crippen LogP contribution < -0.4 is 10.9 Å². The van der Waals surface area contributed by atoms with Crippen LogP contribution in [0.5, 0.6) is 5.75 Å². The molecule has 16 heavy (non-hydrogen) atoms. The van der Waals surface area contributed by atoms with E-state index in [1.165, 1.54) is 0 Å². The van der Waals surface area contributed by atoms with Gasteiger partial charge in [-0.25, -0.2) is 9.59 Å². The first-order valence-corrected chi connectivity index (χ1v) is 4.76. The van der Waals surface area contributed by atoms with Gasteiger partial charge in [-0.2, -0.15) is 0 Å². The summed E-state index contributed by atoms with van der Waals surface area (Å²) in [5, 5.41) is 8.28. The lowest BCUT2D eigenvalue weighted by Gasteiger charge is -2.02. The Morgan fingerprint density at radius 1 is 1.25 bits per heavy atom. The highest BCUT2D eigenvalue weighted by atomic mass is 79.9. The molecule has 0 atom stereocenters. The van der Waals surface area contributed by atoms with Crippen molar-refractivity contribution in [3.05, 3.63) is 40.9 Å². The second-order valence-electron chi connectivity index (χ2n) is 2.52. The molecule has 0 amide bonds. The van der Waals surface area contributed by atoms with Crippen LogP contribution in [0.25, 0.3) is 0 Å². The van der Waals surface area contributed by atoms with Gasteiger partial charge in [0.15, 0.2) is 0 Å². The number of esters is 1. The summed E-state index contributed by atoms with van der Waals surface area (Å²) in [7, 11) is 0. The van der Waals surface area contributed by atoms with Gasteiger partial charge in [0.05, 0.1) is 4.47 Å². The van der Waals surface area contributed by atoms with E-state index in [-0.39, 0.29) is 6.15 Å². The molecule has 0 heterocycles. The van der Waals surface area contributed by atoms with Gasteiger partial charge in [-0.05, 0) is 28.1 Å². The fourth-order valence-corrected chi connectivity index (χ4v) is 1.17. The van der Waals surface area contributed by atoms with Crippen molar-refractivity contribution in [2.45, 2.75) is 0 Å². The Morgan fingerprint density at radius 3 is 2.44 bits per heavy atom. The van der Waals surface area contributed by atoms with E-state index in [9.17, 15) is 9.59 Å². The molecule has 0 spiro atoms. The second-order valence-corrected chi connectivity index (χ2v) is 3.38. The van der Waals surface area contributed by atoms with Crippen molar-refractivity contribution < 1.29 is 19.4 Å². The molecule has 1 rings (SSSR count). The van der Waals surface area contributed by atoms with Crippen LogP contribution in [0.4, 0.5) is 0 Å². The molecule has 6 heteroatoms. The summed E-state index contributed by atoms with van der Waals surface area (Å²) in [4.78, 5) is 21.2. The highest BCUT2D eigenvalue weighted by Crippen LogP contribution is 2.23. The standard InChI is InChI=1S/C10H7BrO4.H3N/c11-7-3-1-2-4-8(7)15-10(14)6-5-9(12)13;/h1-6H,(H,12,13);1H3/b6-5-;. The van der Waals surface area contributed by atoms with Gasteiger partial charge >= 0.3 is 11.9 Å². The predicted molar refractivity (Wildman–Crippen MR) is 61.6 cm³/mol. The van der Waals surface area contributed by atoms with Crippen LogP contribution >= 0.6 is 15.9 Å². The number of carboxylic acid groups (broad SMARTS) is 1. The van der Waals surface area contributed by atoms with Crippen molar-refractivity contribution in [2.75, 3.05) is 0 Å². The average Bonchev–Trinajstić information content (AvgIpc) is 2.18. The number of halogens is 1. The minimum absolute atomic E-state index is 0. The van der Waals surface area contributed by atoms with Crippen molar-refractivity contribution in [3.8, 4) is 5.75 Å². The summed E-state index contributed by atoms with van der Waals surface area (Å²) in [5.41, 5.74) is 0. The van der Waals surface area contributed by atoms with E-state index in [4.69, 9.17) is 9.84 Å². The number of carbonyl (C=O) groups is 2. The predicted octanol–water partition coefficient (Wildman–Crippen LogP) is 2.16. The van der Waals surface area contributed by atoms with Crippen molar-refractivity contribution >= 4 is 27.9 Å². The largest absolute Gasteiger partial charge is 0.478 e. The maximum Gasteiger partial charge on any atom is 0.336 e. The molecule has 86 valence electrons. The first-order valence-electron chi connectivity index (χ1n) is 3.97. The number of aliphatic carboxylic acids is 1. The van der Waals surface area contributed by atoms with E-state index in [2.05, 4.69) is 15.9 Å². The second kappa shape index (κ2) is 6.76. The number of hydrogen-bond donors (Lipinski definition) is 2.